The highest BCUT2D eigenvalue weighted by Gasteiger charge is 2.25. The zero-order valence-corrected chi connectivity index (χ0v) is 10.9. The molecule has 0 aliphatic carbocycles. The van der Waals surface area contributed by atoms with E-state index in [0.29, 0.717) is 25.3 Å². The van der Waals surface area contributed by atoms with Gasteiger partial charge >= 0.3 is 0 Å². The molecule has 5 heteroatoms. The molecule has 2 atom stereocenters. The van der Waals surface area contributed by atoms with Crippen LogP contribution in [0.25, 0.3) is 0 Å². The Morgan fingerprint density at radius 3 is 3.00 bits per heavy atom. The Labute approximate surface area is 112 Å². The van der Waals surface area contributed by atoms with E-state index >= 15 is 0 Å². The summed E-state index contributed by atoms with van der Waals surface area (Å²) in [5.74, 6) is 0. The van der Waals surface area contributed by atoms with Crippen molar-refractivity contribution >= 4 is 5.69 Å². The van der Waals surface area contributed by atoms with E-state index in [-0.39, 0.29) is 12.6 Å². The molecule has 19 heavy (non-hydrogen) atoms. The van der Waals surface area contributed by atoms with Gasteiger partial charge in [-0.1, -0.05) is 6.07 Å². The monoisotopic (exact) mass is 262 g/mol. The van der Waals surface area contributed by atoms with E-state index in [1.165, 1.54) is 0 Å². The minimum absolute atomic E-state index is 0.0178. The summed E-state index contributed by atoms with van der Waals surface area (Å²) < 4.78 is 5.35. The fraction of sp³-hybridized carbons (Fsp3) is 0.500. The topological polar surface area (TPSA) is 76.7 Å². The highest BCUT2D eigenvalue weighted by Crippen LogP contribution is 2.30. The molecular formula is C14H18N2O3. The van der Waals surface area contributed by atoms with Crippen LogP contribution < -0.4 is 4.90 Å². The first-order valence-electron chi connectivity index (χ1n) is 6.34. The number of morpholine rings is 1. The van der Waals surface area contributed by atoms with E-state index in [4.69, 9.17) is 10.00 Å². The summed E-state index contributed by atoms with van der Waals surface area (Å²) in [6, 6.07) is 7.19. The Morgan fingerprint density at radius 2 is 2.37 bits per heavy atom. The average molecular weight is 262 g/mol. The van der Waals surface area contributed by atoms with Gasteiger partial charge in [-0.25, -0.2) is 0 Å². The highest BCUT2D eigenvalue weighted by atomic mass is 16.5. The lowest BCUT2D eigenvalue weighted by atomic mass is 10.0. The predicted molar refractivity (Wildman–Crippen MR) is 70.8 cm³/mol. The summed E-state index contributed by atoms with van der Waals surface area (Å²) in [5, 5.41) is 28.3. The number of ether oxygens (including phenoxy) is 1. The van der Waals surface area contributed by atoms with Crippen LogP contribution in [0, 0.1) is 11.3 Å². The van der Waals surface area contributed by atoms with Crippen molar-refractivity contribution in [2.45, 2.75) is 19.1 Å². The molecule has 1 heterocycles. The van der Waals surface area contributed by atoms with E-state index in [9.17, 15) is 10.2 Å². The third-order valence-electron chi connectivity index (χ3n) is 3.36. The van der Waals surface area contributed by atoms with E-state index in [0.717, 1.165) is 11.3 Å². The summed E-state index contributed by atoms with van der Waals surface area (Å²) in [6.45, 7) is 3.34. The number of hydrogen-bond acceptors (Lipinski definition) is 5. The second kappa shape index (κ2) is 6.02. The highest BCUT2D eigenvalue weighted by molar-refractivity contribution is 5.59. The largest absolute Gasteiger partial charge is 0.394 e. The van der Waals surface area contributed by atoms with Crippen molar-refractivity contribution in [3.05, 3.63) is 29.3 Å². The SMILES string of the molecule is CC(O)c1ccc(C#N)cc1N1CCOCC1CO. The zero-order chi connectivity index (χ0) is 13.8. The fourth-order valence-electron chi connectivity index (χ4n) is 2.34. The van der Waals surface area contributed by atoms with E-state index < -0.39 is 6.10 Å². The molecule has 2 unspecified atom stereocenters. The molecule has 1 aliphatic rings. The standard InChI is InChI=1S/C14H18N2O3/c1-10(18)13-3-2-11(7-15)6-14(13)16-4-5-19-9-12(16)8-17/h2-3,6,10,12,17-18H,4-5,8-9H2,1H3. The zero-order valence-electron chi connectivity index (χ0n) is 10.9. The molecule has 0 spiro atoms. The lowest BCUT2D eigenvalue weighted by Gasteiger charge is -2.37. The van der Waals surface area contributed by atoms with E-state index in [1.54, 1.807) is 25.1 Å². The van der Waals surface area contributed by atoms with Crippen molar-refractivity contribution < 1.29 is 14.9 Å². The Bertz CT molecular complexity index is 482. The minimum Gasteiger partial charge on any atom is -0.394 e. The third-order valence-corrected chi connectivity index (χ3v) is 3.36. The van der Waals surface area contributed by atoms with Gasteiger partial charge in [0.2, 0.25) is 0 Å². The Kier molecular flexibility index (Phi) is 4.38. The average Bonchev–Trinajstić information content (AvgIpc) is 2.46. The lowest BCUT2D eigenvalue weighted by molar-refractivity contribution is 0.0723. The summed E-state index contributed by atoms with van der Waals surface area (Å²) in [7, 11) is 0. The van der Waals surface area contributed by atoms with Crippen LogP contribution in [0.4, 0.5) is 5.69 Å². The Hall–Kier alpha value is -1.61. The van der Waals surface area contributed by atoms with Crippen LogP contribution in [0.1, 0.15) is 24.2 Å². The maximum absolute atomic E-state index is 9.85. The molecule has 1 fully saturated rings. The van der Waals surface area contributed by atoms with Crippen LogP contribution in [0.5, 0.6) is 0 Å². The van der Waals surface area contributed by atoms with Crippen LogP contribution >= 0.6 is 0 Å². The third kappa shape index (κ3) is 2.87. The van der Waals surface area contributed by atoms with Gasteiger partial charge < -0.3 is 19.8 Å². The fourth-order valence-corrected chi connectivity index (χ4v) is 2.34. The Morgan fingerprint density at radius 1 is 1.58 bits per heavy atom. The van der Waals surface area contributed by atoms with Gasteiger partial charge in [-0.2, -0.15) is 5.26 Å². The van der Waals surface area contributed by atoms with Crippen LogP contribution in [-0.2, 0) is 4.74 Å². The summed E-state index contributed by atoms with van der Waals surface area (Å²) >= 11 is 0. The molecule has 102 valence electrons. The number of nitrogens with zero attached hydrogens (tertiary/aromatic N) is 2. The lowest BCUT2D eigenvalue weighted by Crippen LogP contribution is -2.48. The number of hydrogen-bond donors (Lipinski definition) is 2. The molecule has 0 aromatic heterocycles. The van der Waals surface area contributed by atoms with Crippen molar-refractivity contribution in [3.8, 4) is 6.07 Å². The van der Waals surface area contributed by atoms with Gasteiger partial charge in [-0.15, -0.1) is 0 Å². The van der Waals surface area contributed by atoms with Gasteiger partial charge in [0.05, 0.1) is 43.6 Å². The Balaban J connectivity index is 2.43. The van der Waals surface area contributed by atoms with Crippen molar-refractivity contribution in [1.29, 1.82) is 5.26 Å². The number of nitriles is 1. The number of aliphatic hydroxyl groups is 2. The van der Waals surface area contributed by atoms with Gasteiger partial charge in [-0.05, 0) is 19.1 Å². The summed E-state index contributed by atoms with van der Waals surface area (Å²) in [6.07, 6.45) is -0.620. The summed E-state index contributed by atoms with van der Waals surface area (Å²) in [5.41, 5.74) is 2.11. The molecule has 1 aromatic rings. The van der Waals surface area contributed by atoms with Crippen molar-refractivity contribution in [1.82, 2.24) is 0 Å². The van der Waals surface area contributed by atoms with E-state index in [1.807, 2.05) is 4.90 Å². The molecule has 0 radical (unpaired) electrons. The van der Waals surface area contributed by atoms with Gasteiger partial charge in [0.1, 0.15) is 0 Å². The first kappa shape index (κ1) is 13.8. The van der Waals surface area contributed by atoms with Gasteiger partial charge in [0.15, 0.2) is 0 Å². The van der Waals surface area contributed by atoms with Crippen molar-refractivity contribution in [3.63, 3.8) is 0 Å². The summed E-state index contributed by atoms with van der Waals surface area (Å²) in [4.78, 5) is 2.01. The number of rotatable bonds is 3. The van der Waals surface area contributed by atoms with Crippen molar-refractivity contribution in [2.75, 3.05) is 31.3 Å². The molecular weight excluding hydrogens is 244 g/mol. The predicted octanol–water partition coefficient (Wildman–Crippen LogP) is 0.809. The normalized spacial score (nSPS) is 20.9. The van der Waals surface area contributed by atoms with Gasteiger partial charge in [-0.3, -0.25) is 0 Å². The molecule has 1 saturated heterocycles. The quantitative estimate of drug-likeness (QED) is 0.843. The minimum atomic E-state index is -0.620. The number of anilines is 1. The molecule has 0 bridgehead atoms. The number of benzene rings is 1. The maximum Gasteiger partial charge on any atom is 0.0992 e. The first-order valence-corrected chi connectivity index (χ1v) is 6.34. The van der Waals surface area contributed by atoms with Crippen LogP contribution in [0.3, 0.4) is 0 Å². The molecule has 1 aromatic carbocycles. The van der Waals surface area contributed by atoms with Crippen LogP contribution in [0.2, 0.25) is 0 Å². The second-order valence-electron chi connectivity index (χ2n) is 4.67. The smallest absolute Gasteiger partial charge is 0.0992 e. The molecule has 0 saturated carbocycles. The van der Waals surface area contributed by atoms with Crippen molar-refractivity contribution in [2.24, 2.45) is 0 Å². The van der Waals surface area contributed by atoms with Gasteiger partial charge in [0, 0.05) is 17.8 Å². The molecule has 0 amide bonds. The molecule has 2 N–H and O–H groups in total. The molecule has 2 rings (SSSR count). The molecule has 5 nitrogen and oxygen atoms in total. The van der Waals surface area contributed by atoms with Gasteiger partial charge in [0.25, 0.3) is 0 Å². The van der Waals surface area contributed by atoms with E-state index in [2.05, 4.69) is 6.07 Å². The first-order chi connectivity index (χ1) is 9.17. The molecule has 1 aliphatic heterocycles. The second-order valence-corrected chi connectivity index (χ2v) is 4.67. The van der Waals surface area contributed by atoms with Crippen LogP contribution in [-0.4, -0.2) is 42.6 Å². The maximum atomic E-state index is 9.85. The van der Waals surface area contributed by atoms with Crippen LogP contribution in [0.15, 0.2) is 18.2 Å². The number of aliphatic hydroxyl groups excluding tert-OH is 2.